The highest BCUT2D eigenvalue weighted by molar-refractivity contribution is 7.22. The van der Waals surface area contributed by atoms with E-state index in [9.17, 15) is 24.0 Å². The Hall–Kier alpha value is -6.02. The van der Waals surface area contributed by atoms with Gasteiger partial charge in [0, 0.05) is 11.5 Å². The van der Waals surface area contributed by atoms with Gasteiger partial charge in [-0.05, 0) is 151 Å². The van der Waals surface area contributed by atoms with Gasteiger partial charge in [-0.25, -0.2) is 9.78 Å². The minimum absolute atomic E-state index is 0.228. The Labute approximate surface area is 370 Å². The van der Waals surface area contributed by atoms with Gasteiger partial charge in [-0.1, -0.05) is 12.6 Å². The van der Waals surface area contributed by atoms with Gasteiger partial charge in [0.15, 0.2) is 22.3 Å². The second-order valence-electron chi connectivity index (χ2n) is 16.4. The number of hydrogen-bond donors (Lipinski definition) is 0. The maximum Gasteiger partial charge on any atom is 0.330 e. The Morgan fingerprint density at radius 2 is 1.25 bits per heavy atom. The van der Waals surface area contributed by atoms with Crippen molar-refractivity contribution < 1.29 is 56.8 Å². The molecule has 0 spiro atoms. The lowest BCUT2D eigenvalue weighted by molar-refractivity contribution is -0.149. The summed E-state index contributed by atoms with van der Waals surface area (Å²) in [6, 6.07) is 16.2. The summed E-state index contributed by atoms with van der Waals surface area (Å²) in [5.41, 5.74) is 3.23. The van der Waals surface area contributed by atoms with Crippen LogP contribution in [0.1, 0.15) is 88.2 Å². The molecular weight excluding hydrogens is 827 g/mol. The third-order valence-electron chi connectivity index (χ3n) is 11.8. The van der Waals surface area contributed by atoms with E-state index in [1.165, 1.54) is 18.4 Å². The predicted octanol–water partition coefficient (Wildman–Crippen LogP) is 10.2. The summed E-state index contributed by atoms with van der Waals surface area (Å²) < 4.78 is 40.3. The summed E-state index contributed by atoms with van der Waals surface area (Å²) in [6.07, 6.45) is 8.60. The van der Waals surface area contributed by atoms with Gasteiger partial charge in [0.05, 0.1) is 44.0 Å². The number of aryl methyl sites for hydroxylation is 2. The Balaban J connectivity index is 0.951. The number of carbonyl (C=O) groups excluding carboxylic acids is 5. The van der Waals surface area contributed by atoms with E-state index in [-0.39, 0.29) is 41.2 Å². The fourth-order valence-corrected chi connectivity index (χ4v) is 9.27. The minimum Gasteiger partial charge on any atom is -0.494 e. The lowest BCUT2D eigenvalue weighted by Gasteiger charge is -2.26. The maximum atomic E-state index is 13.7. The molecule has 2 aliphatic carbocycles. The van der Waals surface area contributed by atoms with Crippen molar-refractivity contribution in [3.8, 4) is 33.8 Å². The third kappa shape index (κ3) is 11.3. The van der Waals surface area contributed by atoms with Crippen molar-refractivity contribution in [2.24, 2.45) is 23.7 Å². The lowest BCUT2D eigenvalue weighted by atomic mass is 9.82. The summed E-state index contributed by atoms with van der Waals surface area (Å²) in [6.45, 7) is 8.33. The number of carbonyl (C=O) groups is 5. The number of unbranched alkanes of at least 4 members (excludes halogenated alkanes) is 3. The van der Waals surface area contributed by atoms with Crippen molar-refractivity contribution in [2.45, 2.75) is 90.9 Å². The van der Waals surface area contributed by atoms with Crippen LogP contribution < -0.4 is 18.9 Å². The van der Waals surface area contributed by atoms with E-state index in [0.717, 1.165) is 53.9 Å². The van der Waals surface area contributed by atoms with Gasteiger partial charge >= 0.3 is 29.8 Å². The van der Waals surface area contributed by atoms with Crippen molar-refractivity contribution in [1.82, 2.24) is 4.98 Å². The molecule has 0 saturated heterocycles. The summed E-state index contributed by atoms with van der Waals surface area (Å²) in [4.78, 5) is 68.3. The number of benzene rings is 3. The molecule has 2 aliphatic rings. The highest BCUT2D eigenvalue weighted by Gasteiger charge is 2.34. The molecule has 13 nitrogen and oxygen atoms in total. The summed E-state index contributed by atoms with van der Waals surface area (Å²) >= 11 is 1.28. The fraction of sp³-hybridized carbons (Fsp3) is 0.429. The minimum atomic E-state index is -0.429. The van der Waals surface area contributed by atoms with Crippen LogP contribution in [0, 0.1) is 37.5 Å². The second kappa shape index (κ2) is 20.9. The largest absolute Gasteiger partial charge is 0.494 e. The van der Waals surface area contributed by atoms with Crippen LogP contribution in [0.2, 0.25) is 0 Å². The van der Waals surface area contributed by atoms with Crippen molar-refractivity contribution in [3.63, 3.8) is 0 Å². The van der Waals surface area contributed by atoms with Crippen molar-refractivity contribution in [3.05, 3.63) is 78.4 Å². The molecule has 3 aromatic carbocycles. The summed E-state index contributed by atoms with van der Waals surface area (Å²) in [5, 5.41) is 1.49. The van der Waals surface area contributed by atoms with E-state index >= 15 is 0 Å². The van der Waals surface area contributed by atoms with E-state index in [0.29, 0.717) is 97.1 Å². The first-order valence-electron chi connectivity index (χ1n) is 21.7. The van der Waals surface area contributed by atoms with Crippen LogP contribution in [0.5, 0.6) is 23.0 Å². The highest BCUT2D eigenvalue weighted by Crippen LogP contribution is 2.43. The highest BCUT2D eigenvalue weighted by atomic mass is 32.1. The van der Waals surface area contributed by atoms with Gasteiger partial charge in [0.25, 0.3) is 0 Å². The summed E-state index contributed by atoms with van der Waals surface area (Å²) in [5.74, 6) is -1.07. The lowest BCUT2D eigenvalue weighted by Crippen LogP contribution is -2.30. The molecule has 5 aromatic rings. The average Bonchev–Trinajstić information content (AvgIpc) is 3.94. The molecule has 2 saturated carbocycles. The van der Waals surface area contributed by atoms with Crippen LogP contribution in [0.3, 0.4) is 0 Å². The number of fused-ring (bicyclic) bond motifs is 2. The Bertz CT molecular complexity index is 2450. The molecule has 0 bridgehead atoms. The fourth-order valence-electron chi connectivity index (χ4n) is 8.28. The van der Waals surface area contributed by atoms with E-state index in [1.54, 1.807) is 36.4 Å². The van der Waals surface area contributed by atoms with E-state index < -0.39 is 23.8 Å². The number of hydrogen-bond acceptors (Lipinski definition) is 14. The number of esters is 5. The quantitative estimate of drug-likeness (QED) is 0.0375. The van der Waals surface area contributed by atoms with Gasteiger partial charge in [0.1, 0.15) is 27.3 Å². The van der Waals surface area contributed by atoms with Gasteiger partial charge in [-0.2, -0.15) is 0 Å². The number of furan rings is 1. The number of nitrogens with zero attached hydrogens (tertiary/aromatic N) is 1. The van der Waals surface area contributed by atoms with Crippen LogP contribution in [0.15, 0.2) is 71.7 Å². The maximum absolute atomic E-state index is 13.7. The number of methoxy groups -OCH3 is 1. The first-order valence-corrected chi connectivity index (χ1v) is 22.5. The van der Waals surface area contributed by atoms with Crippen LogP contribution in [0.4, 0.5) is 0 Å². The van der Waals surface area contributed by atoms with Crippen molar-refractivity contribution in [2.75, 3.05) is 20.3 Å². The predicted molar refractivity (Wildman–Crippen MR) is 236 cm³/mol. The van der Waals surface area contributed by atoms with Crippen molar-refractivity contribution in [1.29, 1.82) is 0 Å². The standard InChI is InChI=1S/C49H53NO12S/c1-5-42(51)58-25-9-7-6-8-24-57-35-18-20-36(21-19-35)59-47(53)32-14-16-34(17-15-32)49(55)62-39-23-22-38(61-48(54)33-12-10-31(11-13-33)46(52)56-4)43-44(39)63-45(50-43)41-28-37-30(3)26-29(2)27-40(37)60-41/h5,18-23,26-28,31-34H,1,6-17,24-25H2,2-4H3. The molecular formula is C49H53NO12S. The molecule has 2 aromatic heterocycles. The zero-order chi connectivity index (χ0) is 44.5. The third-order valence-corrected chi connectivity index (χ3v) is 12.9. The molecule has 7 rings (SSSR count). The van der Waals surface area contributed by atoms with Crippen LogP contribution in [-0.4, -0.2) is 55.2 Å². The molecule has 14 heteroatoms. The molecule has 63 heavy (non-hydrogen) atoms. The molecule has 0 unspecified atom stereocenters. The first-order chi connectivity index (χ1) is 30.5. The molecule has 0 atom stereocenters. The SMILES string of the molecule is C=CC(=O)OCCCCCCOc1ccc(OC(=O)C2CCC(C(=O)Oc3ccc(OC(=O)C4CCC(C(=O)OC)CC4)c4nc(-c5cc6c(C)cc(C)cc6o5)sc34)CC2)cc1. The number of thiazole rings is 1. The number of aromatic nitrogens is 1. The Morgan fingerprint density at radius 3 is 1.87 bits per heavy atom. The van der Waals surface area contributed by atoms with Crippen LogP contribution in [0.25, 0.3) is 32.0 Å². The zero-order valence-electron chi connectivity index (χ0n) is 35.9. The second-order valence-corrected chi connectivity index (χ2v) is 17.4. The Morgan fingerprint density at radius 1 is 0.698 bits per heavy atom. The molecule has 0 amide bonds. The van der Waals surface area contributed by atoms with E-state index in [2.05, 4.69) is 12.6 Å². The molecule has 0 N–H and O–H groups in total. The normalized spacial score (nSPS) is 18.7. The number of rotatable bonds is 17. The topological polar surface area (TPSA) is 167 Å². The van der Waals surface area contributed by atoms with E-state index in [1.807, 2.05) is 26.0 Å². The van der Waals surface area contributed by atoms with E-state index in [4.69, 9.17) is 37.8 Å². The average molecular weight is 880 g/mol. The van der Waals surface area contributed by atoms with Gasteiger partial charge in [-0.15, -0.1) is 11.3 Å². The number of ether oxygens (including phenoxy) is 6. The Kier molecular flexibility index (Phi) is 14.9. The summed E-state index contributed by atoms with van der Waals surface area (Å²) in [7, 11) is 1.37. The van der Waals surface area contributed by atoms with Crippen LogP contribution >= 0.6 is 11.3 Å². The molecule has 0 aliphatic heterocycles. The van der Waals surface area contributed by atoms with Gasteiger partial charge in [0.2, 0.25) is 0 Å². The molecule has 332 valence electrons. The smallest absolute Gasteiger partial charge is 0.330 e. The van der Waals surface area contributed by atoms with Crippen LogP contribution in [-0.2, 0) is 33.4 Å². The molecule has 2 fully saturated rings. The monoisotopic (exact) mass is 879 g/mol. The zero-order valence-corrected chi connectivity index (χ0v) is 36.8. The molecule has 2 heterocycles. The van der Waals surface area contributed by atoms with Crippen molar-refractivity contribution >= 4 is 62.4 Å². The first kappa shape index (κ1) is 45.0. The molecule has 0 radical (unpaired) electrons. The van der Waals surface area contributed by atoms with Gasteiger partial charge < -0.3 is 32.8 Å². The van der Waals surface area contributed by atoms with Gasteiger partial charge in [-0.3, -0.25) is 19.2 Å².